The standard InChI is InChI=1S/C14H18N4O2/c1-11-3-4-13(14(7-11)18(19)20)16-8-12(2)9-17-6-5-15-10-17/h3-7,10,12,16H,8-9H2,1-2H3. The second kappa shape index (κ2) is 6.18. The lowest BCUT2D eigenvalue weighted by Crippen LogP contribution is -2.17. The van der Waals surface area contributed by atoms with Crippen molar-refractivity contribution in [2.45, 2.75) is 20.4 Å². The zero-order valence-electron chi connectivity index (χ0n) is 11.6. The van der Waals surface area contributed by atoms with E-state index < -0.39 is 0 Å². The molecule has 0 radical (unpaired) electrons. The first-order valence-corrected chi connectivity index (χ1v) is 6.51. The van der Waals surface area contributed by atoms with Crippen LogP contribution in [0.2, 0.25) is 0 Å². The summed E-state index contributed by atoms with van der Waals surface area (Å²) >= 11 is 0. The molecule has 2 rings (SSSR count). The van der Waals surface area contributed by atoms with Gasteiger partial charge in [0, 0.05) is 31.5 Å². The Bertz CT molecular complexity index is 581. The summed E-state index contributed by atoms with van der Waals surface area (Å²) in [6.45, 7) is 5.43. The van der Waals surface area contributed by atoms with Gasteiger partial charge in [-0.25, -0.2) is 4.98 Å². The Morgan fingerprint density at radius 3 is 2.95 bits per heavy atom. The monoisotopic (exact) mass is 274 g/mol. The Kier molecular flexibility index (Phi) is 4.34. The summed E-state index contributed by atoms with van der Waals surface area (Å²) in [7, 11) is 0. The number of anilines is 1. The highest BCUT2D eigenvalue weighted by Crippen LogP contribution is 2.25. The van der Waals surface area contributed by atoms with Gasteiger partial charge in [-0.15, -0.1) is 0 Å². The zero-order valence-corrected chi connectivity index (χ0v) is 11.6. The van der Waals surface area contributed by atoms with Crippen LogP contribution in [0.25, 0.3) is 0 Å². The second-order valence-corrected chi connectivity index (χ2v) is 5.02. The third kappa shape index (κ3) is 3.57. The molecule has 6 heteroatoms. The molecular formula is C14H18N4O2. The van der Waals surface area contributed by atoms with Crippen molar-refractivity contribution in [3.05, 3.63) is 52.6 Å². The molecule has 0 saturated heterocycles. The second-order valence-electron chi connectivity index (χ2n) is 5.02. The molecule has 20 heavy (non-hydrogen) atoms. The fourth-order valence-corrected chi connectivity index (χ4v) is 2.05. The number of hydrogen-bond donors (Lipinski definition) is 1. The highest BCUT2D eigenvalue weighted by Gasteiger charge is 2.14. The minimum absolute atomic E-state index is 0.125. The fourth-order valence-electron chi connectivity index (χ4n) is 2.05. The van der Waals surface area contributed by atoms with Gasteiger partial charge in [-0.05, 0) is 24.5 Å². The van der Waals surface area contributed by atoms with Gasteiger partial charge in [-0.3, -0.25) is 10.1 Å². The summed E-state index contributed by atoms with van der Waals surface area (Å²) in [6.07, 6.45) is 5.42. The van der Waals surface area contributed by atoms with E-state index in [-0.39, 0.29) is 10.6 Å². The average Bonchev–Trinajstić information content (AvgIpc) is 2.90. The van der Waals surface area contributed by atoms with Crippen molar-refractivity contribution in [3.8, 4) is 0 Å². The minimum Gasteiger partial charge on any atom is -0.379 e. The van der Waals surface area contributed by atoms with Crippen LogP contribution in [0.4, 0.5) is 11.4 Å². The van der Waals surface area contributed by atoms with E-state index >= 15 is 0 Å². The average molecular weight is 274 g/mol. The van der Waals surface area contributed by atoms with Crippen molar-refractivity contribution >= 4 is 11.4 Å². The predicted molar refractivity (Wildman–Crippen MR) is 77.7 cm³/mol. The van der Waals surface area contributed by atoms with E-state index in [4.69, 9.17) is 0 Å². The number of rotatable bonds is 6. The van der Waals surface area contributed by atoms with Crippen LogP contribution >= 0.6 is 0 Å². The summed E-state index contributed by atoms with van der Waals surface area (Å²) in [5, 5.41) is 14.2. The van der Waals surface area contributed by atoms with Crippen LogP contribution in [0.5, 0.6) is 0 Å². The first-order chi connectivity index (χ1) is 9.56. The molecule has 0 saturated carbocycles. The SMILES string of the molecule is Cc1ccc(NCC(C)Cn2ccnc2)c([N+](=O)[O-])c1. The molecule has 1 N–H and O–H groups in total. The lowest BCUT2D eigenvalue weighted by molar-refractivity contribution is -0.384. The van der Waals surface area contributed by atoms with Crippen molar-refractivity contribution in [3.63, 3.8) is 0 Å². The summed E-state index contributed by atoms with van der Waals surface area (Å²) in [5.41, 5.74) is 1.58. The molecule has 0 aliphatic heterocycles. The molecule has 1 heterocycles. The number of nitrogens with one attached hydrogen (secondary N) is 1. The summed E-state index contributed by atoms with van der Waals surface area (Å²) < 4.78 is 2.00. The van der Waals surface area contributed by atoms with Gasteiger partial charge in [0.05, 0.1) is 11.3 Å². The lowest BCUT2D eigenvalue weighted by Gasteiger charge is -2.14. The van der Waals surface area contributed by atoms with Crippen molar-refractivity contribution < 1.29 is 4.92 Å². The van der Waals surface area contributed by atoms with Gasteiger partial charge in [0.25, 0.3) is 5.69 Å². The quantitative estimate of drug-likeness (QED) is 0.649. The van der Waals surface area contributed by atoms with Crippen LogP contribution in [0.15, 0.2) is 36.9 Å². The number of nitrogens with zero attached hydrogens (tertiary/aromatic N) is 3. The normalized spacial score (nSPS) is 12.1. The van der Waals surface area contributed by atoms with Gasteiger partial charge < -0.3 is 9.88 Å². The molecule has 0 fully saturated rings. The molecule has 6 nitrogen and oxygen atoms in total. The lowest BCUT2D eigenvalue weighted by atomic mass is 10.1. The summed E-state index contributed by atoms with van der Waals surface area (Å²) in [4.78, 5) is 14.7. The van der Waals surface area contributed by atoms with Crippen LogP contribution in [-0.2, 0) is 6.54 Å². The third-order valence-corrected chi connectivity index (χ3v) is 3.07. The Morgan fingerprint density at radius 2 is 2.30 bits per heavy atom. The van der Waals surface area contributed by atoms with Crippen molar-refractivity contribution in [1.29, 1.82) is 0 Å². The van der Waals surface area contributed by atoms with E-state index in [0.717, 1.165) is 12.1 Å². The van der Waals surface area contributed by atoms with Gasteiger partial charge in [-0.1, -0.05) is 13.0 Å². The Morgan fingerprint density at radius 1 is 1.50 bits per heavy atom. The van der Waals surface area contributed by atoms with E-state index in [9.17, 15) is 10.1 Å². The van der Waals surface area contributed by atoms with Crippen molar-refractivity contribution in [2.75, 3.05) is 11.9 Å². The molecule has 1 atom stereocenters. The van der Waals surface area contributed by atoms with Crippen LogP contribution < -0.4 is 5.32 Å². The molecule has 0 spiro atoms. The van der Waals surface area contributed by atoms with Crippen LogP contribution in [0.1, 0.15) is 12.5 Å². The molecule has 1 unspecified atom stereocenters. The first-order valence-electron chi connectivity index (χ1n) is 6.51. The maximum absolute atomic E-state index is 11.0. The molecule has 0 amide bonds. The first kappa shape index (κ1) is 14.0. The predicted octanol–water partition coefficient (Wildman–Crippen LogP) is 2.85. The van der Waals surface area contributed by atoms with Gasteiger partial charge in [0.15, 0.2) is 0 Å². The Balaban J connectivity index is 1.98. The maximum atomic E-state index is 11.0. The van der Waals surface area contributed by atoms with E-state index in [1.54, 1.807) is 24.7 Å². The number of hydrogen-bond acceptors (Lipinski definition) is 4. The van der Waals surface area contributed by atoms with Crippen LogP contribution in [0, 0.1) is 23.0 Å². The molecule has 0 bridgehead atoms. The van der Waals surface area contributed by atoms with Crippen molar-refractivity contribution in [1.82, 2.24) is 9.55 Å². The van der Waals surface area contributed by atoms with Gasteiger partial charge in [0.1, 0.15) is 5.69 Å². The van der Waals surface area contributed by atoms with E-state index in [1.165, 1.54) is 0 Å². The number of nitro benzene ring substituents is 1. The Hall–Kier alpha value is -2.37. The smallest absolute Gasteiger partial charge is 0.292 e. The maximum Gasteiger partial charge on any atom is 0.292 e. The highest BCUT2D eigenvalue weighted by molar-refractivity contribution is 5.62. The summed E-state index contributed by atoms with van der Waals surface area (Å²) in [5.74, 6) is 0.338. The van der Waals surface area contributed by atoms with Gasteiger partial charge in [0.2, 0.25) is 0 Å². The molecule has 1 aromatic heterocycles. The zero-order chi connectivity index (χ0) is 14.5. The molecule has 0 aliphatic rings. The Labute approximate surface area is 117 Å². The molecule has 106 valence electrons. The fraction of sp³-hybridized carbons (Fsp3) is 0.357. The van der Waals surface area contributed by atoms with Gasteiger partial charge >= 0.3 is 0 Å². The molecule has 0 aliphatic carbocycles. The number of nitro groups is 1. The largest absolute Gasteiger partial charge is 0.379 e. The van der Waals surface area contributed by atoms with Crippen LogP contribution in [-0.4, -0.2) is 21.0 Å². The topological polar surface area (TPSA) is 73.0 Å². The van der Waals surface area contributed by atoms with Gasteiger partial charge in [-0.2, -0.15) is 0 Å². The number of imidazole rings is 1. The number of aryl methyl sites for hydroxylation is 1. The molecular weight excluding hydrogens is 256 g/mol. The number of benzene rings is 1. The molecule has 1 aromatic carbocycles. The van der Waals surface area contributed by atoms with E-state index in [1.807, 2.05) is 23.8 Å². The highest BCUT2D eigenvalue weighted by atomic mass is 16.6. The third-order valence-electron chi connectivity index (χ3n) is 3.07. The van der Waals surface area contributed by atoms with Crippen molar-refractivity contribution in [2.24, 2.45) is 5.92 Å². The van der Waals surface area contributed by atoms with E-state index in [0.29, 0.717) is 18.2 Å². The minimum atomic E-state index is -0.351. The van der Waals surface area contributed by atoms with E-state index in [2.05, 4.69) is 17.2 Å². The molecule has 2 aromatic rings. The number of aromatic nitrogens is 2. The summed E-state index contributed by atoms with van der Waals surface area (Å²) in [6, 6.07) is 5.22. The van der Waals surface area contributed by atoms with Crippen LogP contribution in [0.3, 0.4) is 0 Å².